The molecular weight excluding hydrogens is 202 g/mol. The van der Waals surface area contributed by atoms with Crippen molar-refractivity contribution in [3.8, 4) is 0 Å². The van der Waals surface area contributed by atoms with Crippen LogP contribution >= 0.6 is 0 Å². The van der Waals surface area contributed by atoms with Crippen LogP contribution < -0.4 is 0 Å². The Hall–Kier alpha value is -1.87. The maximum absolute atomic E-state index is 11.9. The van der Waals surface area contributed by atoms with E-state index in [0.717, 1.165) is 5.56 Å². The lowest BCUT2D eigenvalue weighted by molar-refractivity contribution is 0.0872. The largest absolute Gasteiger partial charge is 0.354 e. The van der Waals surface area contributed by atoms with Crippen molar-refractivity contribution >= 4 is 5.91 Å². The number of hydrogen-bond acceptors (Lipinski definition) is 2. The van der Waals surface area contributed by atoms with Gasteiger partial charge in [0, 0.05) is 12.4 Å². The molecule has 3 nitrogen and oxygen atoms in total. The molecule has 2 heterocycles. The van der Waals surface area contributed by atoms with Crippen LogP contribution in [0.2, 0.25) is 0 Å². The van der Waals surface area contributed by atoms with Gasteiger partial charge in [-0.3, -0.25) is 9.36 Å². The quantitative estimate of drug-likeness (QED) is 0.717. The Balaban J connectivity index is 1.75. The Kier molecular flexibility index (Phi) is 2.11. The predicted octanol–water partition coefficient (Wildman–Crippen LogP) is 2.27. The molecule has 1 aliphatic rings. The van der Waals surface area contributed by atoms with E-state index in [1.807, 2.05) is 42.5 Å². The predicted molar refractivity (Wildman–Crippen MR) is 59.1 cm³/mol. The molecule has 2 aromatic rings. The van der Waals surface area contributed by atoms with Gasteiger partial charge in [-0.1, -0.05) is 30.3 Å². The number of carbonyl (C=O) groups is 1. The van der Waals surface area contributed by atoms with Gasteiger partial charge in [0.2, 0.25) is 0 Å². The minimum absolute atomic E-state index is 0.00106. The van der Waals surface area contributed by atoms with Crippen LogP contribution in [0, 0.1) is 0 Å². The highest BCUT2D eigenvalue weighted by Gasteiger charge is 2.46. The number of hydrogen-bond donors (Lipinski definition) is 0. The standard InChI is InChI=1S/C13H11NO2/c15-13(14-8-4-5-9-14)12-11(16-12)10-6-2-1-3-7-10/h1-9,11-12H/t11-,12-/m0/s1. The third kappa shape index (κ3) is 1.55. The van der Waals surface area contributed by atoms with Crippen LogP contribution in [-0.4, -0.2) is 16.6 Å². The molecule has 3 rings (SSSR count). The van der Waals surface area contributed by atoms with E-state index >= 15 is 0 Å². The Labute approximate surface area is 93.3 Å². The lowest BCUT2D eigenvalue weighted by Crippen LogP contribution is -2.15. The molecule has 1 fully saturated rings. The molecule has 1 aromatic heterocycles. The zero-order valence-corrected chi connectivity index (χ0v) is 8.61. The summed E-state index contributed by atoms with van der Waals surface area (Å²) in [6, 6.07) is 13.5. The van der Waals surface area contributed by atoms with Gasteiger partial charge in [0.1, 0.15) is 6.10 Å². The van der Waals surface area contributed by atoms with E-state index < -0.39 is 0 Å². The number of nitrogens with zero attached hydrogens (tertiary/aromatic N) is 1. The first-order chi connectivity index (χ1) is 7.86. The summed E-state index contributed by atoms with van der Waals surface area (Å²) in [4.78, 5) is 11.9. The van der Waals surface area contributed by atoms with E-state index in [9.17, 15) is 4.79 Å². The second-order valence-electron chi connectivity index (χ2n) is 3.82. The molecule has 1 aromatic carbocycles. The van der Waals surface area contributed by atoms with E-state index in [1.54, 1.807) is 17.0 Å². The summed E-state index contributed by atoms with van der Waals surface area (Å²) < 4.78 is 6.98. The topological polar surface area (TPSA) is 34.5 Å². The number of benzene rings is 1. The van der Waals surface area contributed by atoms with Crippen LogP contribution in [0.25, 0.3) is 0 Å². The zero-order chi connectivity index (χ0) is 11.0. The second kappa shape index (κ2) is 3.61. The third-order valence-electron chi connectivity index (χ3n) is 2.72. The van der Waals surface area contributed by atoms with Crippen molar-refractivity contribution in [1.29, 1.82) is 0 Å². The summed E-state index contributed by atoms with van der Waals surface area (Å²) in [5, 5.41) is 0. The summed E-state index contributed by atoms with van der Waals surface area (Å²) >= 11 is 0. The van der Waals surface area contributed by atoms with Crippen LogP contribution in [-0.2, 0) is 4.74 Å². The molecule has 0 unspecified atom stereocenters. The fraction of sp³-hybridized carbons (Fsp3) is 0.154. The van der Waals surface area contributed by atoms with Crippen molar-refractivity contribution < 1.29 is 9.53 Å². The molecule has 3 heteroatoms. The molecule has 1 aliphatic heterocycles. The van der Waals surface area contributed by atoms with E-state index in [-0.39, 0.29) is 18.1 Å². The lowest BCUT2D eigenvalue weighted by Gasteiger charge is -1.97. The van der Waals surface area contributed by atoms with Gasteiger partial charge in [-0.05, 0) is 17.7 Å². The molecule has 0 aliphatic carbocycles. The van der Waals surface area contributed by atoms with Gasteiger partial charge in [0.25, 0.3) is 5.91 Å². The fourth-order valence-corrected chi connectivity index (χ4v) is 1.82. The first-order valence-electron chi connectivity index (χ1n) is 5.24. The third-order valence-corrected chi connectivity index (χ3v) is 2.72. The van der Waals surface area contributed by atoms with Crippen molar-refractivity contribution in [3.63, 3.8) is 0 Å². The summed E-state index contributed by atoms with van der Waals surface area (Å²) in [5.41, 5.74) is 1.06. The van der Waals surface area contributed by atoms with E-state index in [4.69, 9.17) is 4.74 Å². The highest BCUT2D eigenvalue weighted by atomic mass is 16.6. The molecule has 1 saturated heterocycles. The number of rotatable bonds is 2. The van der Waals surface area contributed by atoms with Crippen molar-refractivity contribution in [3.05, 3.63) is 60.4 Å². The Morgan fingerprint density at radius 3 is 2.44 bits per heavy atom. The first-order valence-corrected chi connectivity index (χ1v) is 5.24. The first kappa shape index (κ1) is 9.36. The lowest BCUT2D eigenvalue weighted by atomic mass is 10.1. The van der Waals surface area contributed by atoms with E-state index in [1.165, 1.54) is 0 Å². The summed E-state index contributed by atoms with van der Waals surface area (Å²) in [6.45, 7) is 0. The van der Waals surface area contributed by atoms with Crippen molar-refractivity contribution in [2.75, 3.05) is 0 Å². The summed E-state index contributed by atoms with van der Waals surface area (Å²) in [6.07, 6.45) is 3.09. The van der Waals surface area contributed by atoms with Crippen LogP contribution in [0.4, 0.5) is 0 Å². The highest BCUT2D eigenvalue weighted by molar-refractivity contribution is 5.86. The molecule has 0 bridgehead atoms. The Morgan fingerprint density at radius 2 is 1.75 bits per heavy atom. The summed E-state index contributed by atoms with van der Waals surface area (Å²) in [5.74, 6) is -0.00106. The van der Waals surface area contributed by atoms with Gasteiger partial charge in [0.15, 0.2) is 6.10 Å². The van der Waals surface area contributed by atoms with Gasteiger partial charge >= 0.3 is 0 Å². The Bertz CT molecular complexity index is 490. The molecule has 0 N–H and O–H groups in total. The van der Waals surface area contributed by atoms with Gasteiger partial charge in [0.05, 0.1) is 0 Å². The number of ether oxygens (including phenoxy) is 1. The monoisotopic (exact) mass is 213 g/mol. The van der Waals surface area contributed by atoms with Gasteiger partial charge < -0.3 is 4.74 Å². The molecule has 16 heavy (non-hydrogen) atoms. The van der Waals surface area contributed by atoms with Crippen molar-refractivity contribution in [2.45, 2.75) is 12.2 Å². The normalized spacial score (nSPS) is 23.0. The number of aromatic nitrogens is 1. The molecule has 0 radical (unpaired) electrons. The Morgan fingerprint density at radius 1 is 1.06 bits per heavy atom. The van der Waals surface area contributed by atoms with Crippen molar-refractivity contribution in [1.82, 2.24) is 4.57 Å². The fourth-order valence-electron chi connectivity index (χ4n) is 1.82. The molecular formula is C13H11NO2. The van der Waals surface area contributed by atoms with Gasteiger partial charge in [-0.25, -0.2) is 0 Å². The average molecular weight is 213 g/mol. The maximum atomic E-state index is 11.9. The number of carbonyl (C=O) groups excluding carboxylic acids is 1. The van der Waals surface area contributed by atoms with Crippen LogP contribution in [0.1, 0.15) is 16.5 Å². The van der Waals surface area contributed by atoms with Crippen LogP contribution in [0.3, 0.4) is 0 Å². The molecule has 0 amide bonds. The van der Waals surface area contributed by atoms with Crippen LogP contribution in [0.5, 0.6) is 0 Å². The van der Waals surface area contributed by atoms with Gasteiger partial charge in [-0.2, -0.15) is 0 Å². The van der Waals surface area contributed by atoms with Gasteiger partial charge in [-0.15, -0.1) is 0 Å². The second-order valence-corrected chi connectivity index (χ2v) is 3.82. The molecule has 0 spiro atoms. The van der Waals surface area contributed by atoms with E-state index in [2.05, 4.69) is 0 Å². The van der Waals surface area contributed by atoms with E-state index in [0.29, 0.717) is 0 Å². The molecule has 80 valence electrons. The maximum Gasteiger partial charge on any atom is 0.262 e. The van der Waals surface area contributed by atoms with Crippen LogP contribution in [0.15, 0.2) is 54.9 Å². The number of epoxide rings is 1. The zero-order valence-electron chi connectivity index (χ0n) is 8.61. The minimum Gasteiger partial charge on any atom is -0.354 e. The average Bonchev–Trinajstić information content (AvgIpc) is 2.95. The highest BCUT2D eigenvalue weighted by Crippen LogP contribution is 2.39. The molecule has 0 saturated carbocycles. The summed E-state index contributed by atoms with van der Waals surface area (Å²) in [7, 11) is 0. The SMILES string of the molecule is O=C([C@H]1O[C@H]1c1ccccc1)n1cccc1. The minimum atomic E-state index is -0.324. The smallest absolute Gasteiger partial charge is 0.262 e. The molecule has 2 atom stereocenters. The van der Waals surface area contributed by atoms with Crippen molar-refractivity contribution in [2.24, 2.45) is 0 Å².